The summed E-state index contributed by atoms with van der Waals surface area (Å²) in [4.78, 5) is 16.0. The largest absolute Gasteiger partial charge is 0.496 e. The van der Waals surface area contributed by atoms with Crippen molar-refractivity contribution in [3.63, 3.8) is 0 Å². The Labute approximate surface area is 167 Å². The maximum absolute atomic E-state index is 11.5. The molecule has 0 atom stereocenters. The zero-order valence-corrected chi connectivity index (χ0v) is 15.6. The minimum absolute atomic E-state index is 0.306. The van der Waals surface area contributed by atoms with Crippen molar-refractivity contribution in [2.75, 3.05) is 7.11 Å². The van der Waals surface area contributed by atoms with E-state index in [1.54, 1.807) is 18.2 Å². The molecule has 0 aliphatic carbocycles. The highest BCUT2D eigenvalue weighted by Crippen LogP contribution is 2.28. The van der Waals surface area contributed by atoms with Crippen LogP contribution in [0.3, 0.4) is 0 Å². The van der Waals surface area contributed by atoms with Gasteiger partial charge in [0.2, 0.25) is 0 Å². The molecule has 1 amide bonds. The zero-order chi connectivity index (χ0) is 20.2. The number of nitrogens with zero attached hydrogens (tertiary/aromatic N) is 2. The standard InChI is InChI=1S/C22H18N4O3/c1-28-19-13-15(9-12-18(19)20(23)27)22-24-21(25-26-22)14-7-10-17(11-8-14)29-16-5-3-2-4-6-16/h2-13H,1H3,(H2,23,27)(H,24,25,26). The van der Waals surface area contributed by atoms with E-state index in [0.29, 0.717) is 28.5 Å². The molecule has 0 aliphatic rings. The third-order valence-corrected chi connectivity index (χ3v) is 4.32. The van der Waals surface area contributed by atoms with Crippen molar-refractivity contribution in [2.24, 2.45) is 5.73 Å². The van der Waals surface area contributed by atoms with Gasteiger partial charge in [0.05, 0.1) is 12.7 Å². The molecule has 4 aromatic rings. The molecule has 3 aromatic carbocycles. The molecule has 1 aromatic heterocycles. The summed E-state index contributed by atoms with van der Waals surface area (Å²) in [5.41, 5.74) is 7.23. The number of aromatic nitrogens is 3. The third-order valence-electron chi connectivity index (χ3n) is 4.32. The first kappa shape index (κ1) is 18.2. The molecule has 7 heteroatoms. The van der Waals surface area contributed by atoms with Crippen molar-refractivity contribution in [1.82, 2.24) is 15.2 Å². The molecule has 0 saturated heterocycles. The number of nitrogens with two attached hydrogens (primary N) is 1. The summed E-state index contributed by atoms with van der Waals surface area (Å²) >= 11 is 0. The lowest BCUT2D eigenvalue weighted by atomic mass is 10.1. The molecule has 0 fully saturated rings. The number of ether oxygens (including phenoxy) is 2. The van der Waals surface area contributed by atoms with Crippen molar-refractivity contribution in [3.8, 4) is 40.0 Å². The number of H-pyrrole nitrogens is 1. The average Bonchev–Trinajstić information content (AvgIpc) is 3.25. The number of nitrogens with one attached hydrogen (secondary N) is 1. The van der Waals surface area contributed by atoms with E-state index >= 15 is 0 Å². The van der Waals surface area contributed by atoms with E-state index in [-0.39, 0.29) is 0 Å². The van der Waals surface area contributed by atoms with Gasteiger partial charge >= 0.3 is 0 Å². The number of aromatic amines is 1. The van der Waals surface area contributed by atoms with Crippen LogP contribution in [0.15, 0.2) is 72.8 Å². The van der Waals surface area contributed by atoms with Crippen LogP contribution in [0.25, 0.3) is 22.8 Å². The number of amides is 1. The first-order valence-electron chi connectivity index (χ1n) is 8.88. The Bertz CT molecular complexity index is 1140. The summed E-state index contributed by atoms with van der Waals surface area (Å²) in [6, 6.07) is 22.1. The molecule has 1 heterocycles. The molecule has 0 bridgehead atoms. The van der Waals surface area contributed by atoms with Crippen LogP contribution in [0, 0.1) is 0 Å². The lowest BCUT2D eigenvalue weighted by molar-refractivity contribution is 0.0997. The Morgan fingerprint density at radius 2 is 1.62 bits per heavy atom. The third kappa shape index (κ3) is 3.93. The van der Waals surface area contributed by atoms with Crippen LogP contribution in [0.4, 0.5) is 0 Å². The molecule has 0 radical (unpaired) electrons. The minimum Gasteiger partial charge on any atom is -0.496 e. The van der Waals surface area contributed by atoms with E-state index < -0.39 is 5.91 Å². The number of para-hydroxylation sites is 1. The fourth-order valence-electron chi connectivity index (χ4n) is 2.86. The van der Waals surface area contributed by atoms with E-state index in [1.807, 2.05) is 54.6 Å². The van der Waals surface area contributed by atoms with Crippen LogP contribution >= 0.6 is 0 Å². The number of carbonyl (C=O) groups is 1. The fraction of sp³-hybridized carbons (Fsp3) is 0.0455. The maximum Gasteiger partial charge on any atom is 0.252 e. The highest BCUT2D eigenvalue weighted by molar-refractivity contribution is 5.96. The smallest absolute Gasteiger partial charge is 0.252 e. The number of hydrogen-bond acceptors (Lipinski definition) is 5. The first-order valence-corrected chi connectivity index (χ1v) is 8.88. The number of primary amides is 1. The minimum atomic E-state index is -0.554. The maximum atomic E-state index is 11.5. The molecule has 3 N–H and O–H groups in total. The van der Waals surface area contributed by atoms with Gasteiger partial charge in [0, 0.05) is 11.1 Å². The Morgan fingerprint density at radius 1 is 0.931 bits per heavy atom. The van der Waals surface area contributed by atoms with Crippen LogP contribution in [0.5, 0.6) is 17.2 Å². The lowest BCUT2D eigenvalue weighted by Gasteiger charge is -2.06. The van der Waals surface area contributed by atoms with Gasteiger partial charge in [-0.25, -0.2) is 4.98 Å². The molecule has 0 unspecified atom stereocenters. The lowest BCUT2D eigenvalue weighted by Crippen LogP contribution is -2.12. The zero-order valence-electron chi connectivity index (χ0n) is 15.6. The van der Waals surface area contributed by atoms with E-state index in [9.17, 15) is 4.79 Å². The predicted octanol–water partition coefficient (Wildman–Crippen LogP) is 4.04. The van der Waals surface area contributed by atoms with Gasteiger partial charge in [0.1, 0.15) is 17.2 Å². The van der Waals surface area contributed by atoms with Crippen LogP contribution in [-0.4, -0.2) is 28.2 Å². The second-order valence-corrected chi connectivity index (χ2v) is 6.23. The van der Waals surface area contributed by atoms with Gasteiger partial charge in [0.25, 0.3) is 5.91 Å². The topological polar surface area (TPSA) is 103 Å². The predicted molar refractivity (Wildman–Crippen MR) is 109 cm³/mol. The molecule has 144 valence electrons. The van der Waals surface area contributed by atoms with Gasteiger partial charge in [-0.3, -0.25) is 9.89 Å². The number of hydrogen-bond donors (Lipinski definition) is 2. The molecule has 0 saturated carbocycles. The first-order chi connectivity index (χ1) is 14.1. The Morgan fingerprint density at radius 3 is 2.31 bits per heavy atom. The van der Waals surface area contributed by atoms with E-state index in [2.05, 4.69) is 15.2 Å². The van der Waals surface area contributed by atoms with Crippen molar-refractivity contribution in [2.45, 2.75) is 0 Å². The summed E-state index contributed by atoms with van der Waals surface area (Å²) in [5, 5.41) is 7.19. The highest BCUT2D eigenvalue weighted by Gasteiger charge is 2.13. The summed E-state index contributed by atoms with van der Waals surface area (Å²) in [7, 11) is 1.48. The molecule has 0 spiro atoms. The van der Waals surface area contributed by atoms with Gasteiger partial charge < -0.3 is 15.2 Å². The highest BCUT2D eigenvalue weighted by atomic mass is 16.5. The molecule has 7 nitrogen and oxygen atoms in total. The normalized spacial score (nSPS) is 10.5. The molecular weight excluding hydrogens is 368 g/mol. The number of benzene rings is 3. The van der Waals surface area contributed by atoms with Crippen molar-refractivity contribution >= 4 is 5.91 Å². The van der Waals surface area contributed by atoms with Crippen molar-refractivity contribution in [3.05, 3.63) is 78.4 Å². The Hall–Kier alpha value is -4.13. The molecular formula is C22H18N4O3. The fourth-order valence-corrected chi connectivity index (χ4v) is 2.86. The quantitative estimate of drug-likeness (QED) is 0.521. The van der Waals surface area contributed by atoms with Crippen LogP contribution < -0.4 is 15.2 Å². The van der Waals surface area contributed by atoms with Gasteiger partial charge in [-0.15, -0.1) is 0 Å². The van der Waals surface area contributed by atoms with Crippen molar-refractivity contribution < 1.29 is 14.3 Å². The number of methoxy groups -OCH3 is 1. The van der Waals surface area contributed by atoms with Gasteiger partial charge in [0.15, 0.2) is 11.6 Å². The van der Waals surface area contributed by atoms with Crippen LogP contribution in [0.2, 0.25) is 0 Å². The summed E-state index contributed by atoms with van der Waals surface area (Å²) < 4.78 is 11.0. The molecule has 29 heavy (non-hydrogen) atoms. The average molecular weight is 386 g/mol. The monoisotopic (exact) mass is 386 g/mol. The van der Waals surface area contributed by atoms with Crippen molar-refractivity contribution in [1.29, 1.82) is 0 Å². The number of carbonyl (C=O) groups excluding carboxylic acids is 1. The van der Waals surface area contributed by atoms with Crippen LogP contribution in [0.1, 0.15) is 10.4 Å². The van der Waals surface area contributed by atoms with Gasteiger partial charge in [-0.2, -0.15) is 5.10 Å². The summed E-state index contributed by atoms with van der Waals surface area (Å²) in [6.07, 6.45) is 0. The number of rotatable bonds is 6. The van der Waals surface area contributed by atoms with E-state index in [1.165, 1.54) is 7.11 Å². The molecule has 0 aliphatic heterocycles. The Kier molecular flexibility index (Phi) is 4.94. The summed E-state index contributed by atoms with van der Waals surface area (Å²) in [6.45, 7) is 0. The Balaban J connectivity index is 1.55. The summed E-state index contributed by atoms with van der Waals surface area (Å²) in [5.74, 6) is 2.43. The molecule has 4 rings (SSSR count). The van der Waals surface area contributed by atoms with Gasteiger partial charge in [-0.05, 0) is 48.5 Å². The second-order valence-electron chi connectivity index (χ2n) is 6.23. The van der Waals surface area contributed by atoms with E-state index in [4.69, 9.17) is 15.2 Å². The SMILES string of the molecule is COc1cc(-c2n[nH]c(-c3ccc(Oc4ccccc4)cc3)n2)ccc1C(N)=O. The second kappa shape index (κ2) is 7.85. The van der Waals surface area contributed by atoms with Gasteiger partial charge in [-0.1, -0.05) is 24.3 Å². The van der Waals surface area contributed by atoms with Crippen LogP contribution in [-0.2, 0) is 0 Å². The van der Waals surface area contributed by atoms with E-state index in [0.717, 1.165) is 17.1 Å².